The summed E-state index contributed by atoms with van der Waals surface area (Å²) in [7, 11) is 4.57. The van der Waals surface area contributed by atoms with Crippen molar-refractivity contribution in [1.29, 1.82) is 0 Å². The van der Waals surface area contributed by atoms with Crippen molar-refractivity contribution in [2.45, 2.75) is 0 Å². The van der Waals surface area contributed by atoms with Gasteiger partial charge >= 0.3 is 5.97 Å². The zero-order chi connectivity index (χ0) is 17.1. The molecule has 126 valence electrons. The van der Waals surface area contributed by atoms with Gasteiger partial charge < -0.3 is 24.3 Å². The molecule has 7 heteroatoms. The number of hydrogen-bond donors (Lipinski definition) is 1. The summed E-state index contributed by atoms with van der Waals surface area (Å²) in [4.78, 5) is 23.0. The molecule has 0 fully saturated rings. The lowest BCUT2D eigenvalue weighted by Crippen LogP contribution is -2.31. The van der Waals surface area contributed by atoms with Gasteiger partial charge in [0.2, 0.25) is 0 Å². The average molecular weight is 323 g/mol. The van der Waals surface area contributed by atoms with Crippen molar-refractivity contribution < 1.29 is 28.5 Å². The molecular formula is C16H21NO6. The van der Waals surface area contributed by atoms with E-state index >= 15 is 0 Å². The Bertz CT molecular complexity index is 556. The minimum atomic E-state index is -0.628. The number of carbonyl (C=O) groups excluding carboxylic acids is 2. The predicted octanol–water partition coefficient (Wildman–Crippen LogP) is 1.02. The molecule has 1 aromatic rings. The van der Waals surface area contributed by atoms with E-state index in [1.54, 1.807) is 18.2 Å². The van der Waals surface area contributed by atoms with Crippen LogP contribution in [0.1, 0.15) is 5.56 Å². The number of ether oxygens (including phenoxy) is 4. The molecule has 0 aliphatic carbocycles. The van der Waals surface area contributed by atoms with Gasteiger partial charge in [0.1, 0.15) is 0 Å². The highest BCUT2D eigenvalue weighted by molar-refractivity contribution is 5.89. The molecule has 1 amide bonds. The van der Waals surface area contributed by atoms with Crippen molar-refractivity contribution in [3.05, 3.63) is 29.8 Å². The number of benzene rings is 1. The van der Waals surface area contributed by atoms with Crippen molar-refractivity contribution in [1.82, 2.24) is 5.32 Å². The first kappa shape index (κ1) is 18.5. The Morgan fingerprint density at radius 1 is 1.17 bits per heavy atom. The van der Waals surface area contributed by atoms with Gasteiger partial charge in [0.15, 0.2) is 18.1 Å². The number of esters is 1. The summed E-state index contributed by atoms with van der Waals surface area (Å²) in [6, 6.07) is 5.29. The van der Waals surface area contributed by atoms with Gasteiger partial charge in [-0.2, -0.15) is 0 Å². The van der Waals surface area contributed by atoms with Gasteiger partial charge in [-0.25, -0.2) is 4.79 Å². The van der Waals surface area contributed by atoms with Gasteiger partial charge in [0.25, 0.3) is 5.91 Å². The van der Waals surface area contributed by atoms with E-state index < -0.39 is 5.97 Å². The van der Waals surface area contributed by atoms with E-state index in [4.69, 9.17) is 18.9 Å². The highest BCUT2D eigenvalue weighted by Crippen LogP contribution is 2.31. The van der Waals surface area contributed by atoms with Gasteiger partial charge in [0.05, 0.1) is 20.8 Å². The maximum Gasteiger partial charge on any atom is 0.331 e. The van der Waals surface area contributed by atoms with E-state index in [1.165, 1.54) is 33.5 Å². The first-order valence-corrected chi connectivity index (χ1v) is 6.93. The summed E-state index contributed by atoms with van der Waals surface area (Å²) >= 11 is 0. The Kier molecular flexibility index (Phi) is 8.23. The van der Waals surface area contributed by atoms with E-state index in [-0.39, 0.29) is 12.5 Å². The number of amides is 1. The fraction of sp³-hybridized carbons (Fsp3) is 0.375. The Morgan fingerprint density at radius 3 is 2.61 bits per heavy atom. The van der Waals surface area contributed by atoms with E-state index in [0.717, 1.165) is 0 Å². The molecule has 0 bridgehead atoms. The summed E-state index contributed by atoms with van der Waals surface area (Å²) < 4.78 is 20.0. The summed E-state index contributed by atoms with van der Waals surface area (Å²) in [5.74, 6) is 0.0522. The van der Waals surface area contributed by atoms with Crippen LogP contribution in [-0.4, -0.2) is 53.0 Å². The van der Waals surface area contributed by atoms with Crippen LogP contribution in [0, 0.1) is 0 Å². The quantitative estimate of drug-likeness (QED) is 0.415. The molecule has 0 aliphatic rings. The average Bonchev–Trinajstić information content (AvgIpc) is 2.57. The second kappa shape index (κ2) is 10.2. The molecule has 0 saturated heterocycles. The Labute approximate surface area is 135 Å². The van der Waals surface area contributed by atoms with Crippen LogP contribution in [0.2, 0.25) is 0 Å². The molecule has 0 atom stereocenters. The van der Waals surface area contributed by atoms with Crippen LogP contribution >= 0.6 is 0 Å². The summed E-state index contributed by atoms with van der Waals surface area (Å²) in [5.41, 5.74) is 0.661. The smallest absolute Gasteiger partial charge is 0.331 e. The van der Waals surface area contributed by atoms with Crippen LogP contribution in [0.5, 0.6) is 11.5 Å². The normalized spacial score (nSPS) is 10.4. The van der Waals surface area contributed by atoms with E-state index in [0.29, 0.717) is 30.2 Å². The third kappa shape index (κ3) is 6.39. The predicted molar refractivity (Wildman–Crippen MR) is 84.4 cm³/mol. The molecule has 0 aliphatic heterocycles. The van der Waals surface area contributed by atoms with Crippen molar-refractivity contribution >= 4 is 18.0 Å². The van der Waals surface area contributed by atoms with Crippen molar-refractivity contribution in [3.63, 3.8) is 0 Å². The van der Waals surface area contributed by atoms with Gasteiger partial charge in [0, 0.05) is 25.3 Å². The lowest BCUT2D eigenvalue weighted by molar-refractivity contribution is -0.143. The summed E-state index contributed by atoms with van der Waals surface area (Å²) in [6.07, 6.45) is 2.76. The molecular weight excluding hydrogens is 302 g/mol. The monoisotopic (exact) mass is 323 g/mol. The molecule has 1 aromatic carbocycles. The van der Waals surface area contributed by atoms with E-state index in [1.807, 2.05) is 0 Å². The molecule has 0 aromatic heterocycles. The number of nitrogens with one attached hydrogen (secondary N) is 1. The number of para-hydroxylation sites is 1. The Hall–Kier alpha value is -2.54. The van der Waals surface area contributed by atoms with Crippen molar-refractivity contribution in [2.24, 2.45) is 0 Å². The molecule has 1 N–H and O–H groups in total. The molecule has 23 heavy (non-hydrogen) atoms. The topological polar surface area (TPSA) is 83.1 Å². The third-order valence-electron chi connectivity index (χ3n) is 2.81. The first-order chi connectivity index (χ1) is 11.1. The third-order valence-corrected chi connectivity index (χ3v) is 2.81. The van der Waals surface area contributed by atoms with Gasteiger partial charge in [-0.1, -0.05) is 12.1 Å². The first-order valence-electron chi connectivity index (χ1n) is 6.93. The standard InChI is InChI=1S/C16H21NO6/c1-20-10-9-17-14(18)11-23-15(19)8-7-12-5-4-6-13(21-2)16(12)22-3/h4-8H,9-11H2,1-3H3,(H,17,18)/b8-7+. The van der Waals surface area contributed by atoms with Crippen LogP contribution in [0.4, 0.5) is 0 Å². The molecule has 0 radical (unpaired) electrons. The minimum Gasteiger partial charge on any atom is -0.493 e. The molecule has 0 heterocycles. The number of hydrogen-bond acceptors (Lipinski definition) is 6. The highest BCUT2D eigenvalue weighted by Gasteiger charge is 2.08. The maximum absolute atomic E-state index is 11.6. The number of carbonyl (C=O) groups is 2. The van der Waals surface area contributed by atoms with Crippen LogP contribution in [-0.2, 0) is 19.1 Å². The summed E-state index contributed by atoms with van der Waals surface area (Å²) in [5, 5.41) is 2.54. The number of methoxy groups -OCH3 is 3. The van der Waals surface area contributed by atoms with E-state index in [9.17, 15) is 9.59 Å². The van der Waals surface area contributed by atoms with E-state index in [2.05, 4.69) is 5.32 Å². The van der Waals surface area contributed by atoms with Gasteiger partial charge in [-0.15, -0.1) is 0 Å². The zero-order valence-corrected chi connectivity index (χ0v) is 13.5. The zero-order valence-electron chi connectivity index (χ0n) is 13.5. The molecule has 1 rings (SSSR count). The second-order valence-corrected chi connectivity index (χ2v) is 4.37. The lowest BCUT2D eigenvalue weighted by Gasteiger charge is -2.09. The Morgan fingerprint density at radius 2 is 1.96 bits per heavy atom. The van der Waals surface area contributed by atoms with Crippen LogP contribution < -0.4 is 14.8 Å². The SMILES string of the molecule is COCCNC(=O)COC(=O)/C=C/c1cccc(OC)c1OC. The lowest BCUT2D eigenvalue weighted by atomic mass is 10.1. The summed E-state index contributed by atoms with van der Waals surface area (Å²) in [6.45, 7) is 0.418. The number of rotatable bonds is 9. The van der Waals surface area contributed by atoms with Gasteiger partial charge in [-0.3, -0.25) is 4.79 Å². The van der Waals surface area contributed by atoms with Crippen LogP contribution in [0.25, 0.3) is 6.08 Å². The molecule has 0 saturated carbocycles. The van der Waals surface area contributed by atoms with Crippen molar-refractivity contribution in [3.8, 4) is 11.5 Å². The van der Waals surface area contributed by atoms with Crippen LogP contribution in [0.15, 0.2) is 24.3 Å². The molecule has 0 spiro atoms. The maximum atomic E-state index is 11.6. The van der Waals surface area contributed by atoms with Crippen LogP contribution in [0.3, 0.4) is 0 Å². The Balaban J connectivity index is 2.54. The molecule has 0 unspecified atom stereocenters. The minimum absolute atomic E-state index is 0.345. The second-order valence-electron chi connectivity index (χ2n) is 4.37. The molecule has 7 nitrogen and oxygen atoms in total. The van der Waals surface area contributed by atoms with Gasteiger partial charge in [-0.05, 0) is 12.1 Å². The highest BCUT2D eigenvalue weighted by atomic mass is 16.5. The van der Waals surface area contributed by atoms with Crippen molar-refractivity contribution in [2.75, 3.05) is 41.1 Å². The largest absolute Gasteiger partial charge is 0.493 e. The fourth-order valence-electron chi connectivity index (χ4n) is 1.73. The fourth-order valence-corrected chi connectivity index (χ4v) is 1.73.